The van der Waals surface area contributed by atoms with Crippen LogP contribution in [0.1, 0.15) is 16.0 Å². The van der Waals surface area contributed by atoms with Crippen LogP contribution in [0.2, 0.25) is 0 Å². The zero-order valence-corrected chi connectivity index (χ0v) is 18.4. The molecule has 0 bridgehead atoms. The van der Waals surface area contributed by atoms with Gasteiger partial charge in [-0.05, 0) is 36.4 Å². The van der Waals surface area contributed by atoms with E-state index in [1.807, 2.05) is 44.0 Å². The van der Waals surface area contributed by atoms with Crippen molar-refractivity contribution in [1.82, 2.24) is 4.90 Å². The fourth-order valence-electron chi connectivity index (χ4n) is 3.81. The summed E-state index contributed by atoms with van der Waals surface area (Å²) >= 11 is 1.80. The van der Waals surface area contributed by atoms with Crippen LogP contribution in [-0.2, 0) is 16.1 Å². The lowest BCUT2D eigenvalue weighted by molar-refractivity contribution is -0.917. The van der Waals surface area contributed by atoms with Crippen molar-refractivity contribution in [3.05, 3.63) is 51.7 Å². The Morgan fingerprint density at radius 3 is 2.41 bits per heavy atom. The van der Waals surface area contributed by atoms with Crippen LogP contribution in [0.15, 0.2) is 35.7 Å². The minimum absolute atomic E-state index is 0.0575. The summed E-state index contributed by atoms with van der Waals surface area (Å²) < 4.78 is 0. The number of carbonyl (C=O) groups excluding carboxylic acids is 2. The van der Waals surface area contributed by atoms with E-state index in [-0.39, 0.29) is 18.4 Å². The molecule has 2 heterocycles. The molecule has 3 N–H and O–H groups in total. The zero-order valence-electron chi connectivity index (χ0n) is 17.6. The molecule has 0 saturated carbocycles. The van der Waals surface area contributed by atoms with Crippen LogP contribution < -0.4 is 15.1 Å². The normalized spacial score (nSPS) is 15.9. The Labute approximate surface area is 177 Å². The first-order chi connectivity index (χ1) is 13.9. The molecule has 0 aliphatic carbocycles. The van der Waals surface area contributed by atoms with Crippen molar-refractivity contribution in [3.8, 4) is 0 Å². The second kappa shape index (κ2) is 10.0. The van der Waals surface area contributed by atoms with E-state index in [9.17, 15) is 9.59 Å². The third-order valence-corrected chi connectivity index (χ3v) is 6.36. The predicted molar refractivity (Wildman–Crippen MR) is 116 cm³/mol. The number of aryl methyl sites for hydroxylation is 2. The van der Waals surface area contributed by atoms with Gasteiger partial charge in [0, 0.05) is 5.69 Å². The molecule has 0 spiro atoms. The molecule has 1 fully saturated rings. The van der Waals surface area contributed by atoms with Crippen molar-refractivity contribution in [1.29, 1.82) is 0 Å². The fraction of sp³-hybridized carbons (Fsp3) is 0.455. The molecule has 6 nitrogen and oxygen atoms in total. The van der Waals surface area contributed by atoms with Crippen molar-refractivity contribution >= 4 is 28.8 Å². The van der Waals surface area contributed by atoms with Gasteiger partial charge in [-0.25, -0.2) is 0 Å². The van der Waals surface area contributed by atoms with Crippen LogP contribution in [0.25, 0.3) is 0 Å². The van der Waals surface area contributed by atoms with Gasteiger partial charge in [0.2, 0.25) is 0 Å². The first-order valence-electron chi connectivity index (χ1n) is 10.2. The van der Waals surface area contributed by atoms with Crippen molar-refractivity contribution in [3.63, 3.8) is 0 Å². The smallest absolute Gasteiger partial charge is 0.279 e. The van der Waals surface area contributed by atoms with Crippen LogP contribution in [0.5, 0.6) is 0 Å². The lowest BCUT2D eigenvalue weighted by Gasteiger charge is -2.32. The SMILES string of the molecule is Cc1cccc(C)c1NC(=O)C[NH+](C)CC(=O)N1CC[NH+](Cc2cccs2)CC1. The molecule has 3 rings (SSSR count). The second-order valence-corrected chi connectivity index (χ2v) is 9.04. The number of thiophene rings is 1. The van der Waals surface area contributed by atoms with E-state index in [4.69, 9.17) is 0 Å². The van der Waals surface area contributed by atoms with Crippen LogP contribution in [-0.4, -0.2) is 63.0 Å². The van der Waals surface area contributed by atoms with Gasteiger partial charge < -0.3 is 20.0 Å². The maximum atomic E-state index is 12.6. The van der Waals surface area contributed by atoms with Gasteiger partial charge in [0.15, 0.2) is 13.1 Å². The first-order valence-corrected chi connectivity index (χ1v) is 11.1. The van der Waals surface area contributed by atoms with Crippen LogP contribution in [0.3, 0.4) is 0 Å². The van der Waals surface area contributed by atoms with Gasteiger partial charge in [0.1, 0.15) is 6.54 Å². The largest absolute Gasteiger partial charge is 0.328 e. The number of para-hydroxylation sites is 1. The average Bonchev–Trinajstić information content (AvgIpc) is 3.18. The Balaban J connectivity index is 1.41. The molecule has 2 aromatic rings. The number of piperazine rings is 1. The number of hydrogen-bond donors (Lipinski definition) is 3. The number of hydrogen-bond acceptors (Lipinski definition) is 3. The summed E-state index contributed by atoms with van der Waals surface area (Å²) in [7, 11) is 1.90. The van der Waals surface area contributed by atoms with Crippen LogP contribution >= 0.6 is 11.3 Å². The van der Waals surface area contributed by atoms with Gasteiger partial charge in [-0.3, -0.25) is 9.59 Å². The summed E-state index contributed by atoms with van der Waals surface area (Å²) in [6.07, 6.45) is 0. The van der Waals surface area contributed by atoms with Crippen molar-refractivity contribution in [2.24, 2.45) is 0 Å². The van der Waals surface area contributed by atoms with Gasteiger partial charge in [0.25, 0.3) is 11.8 Å². The van der Waals surface area contributed by atoms with Crippen molar-refractivity contribution < 1.29 is 19.4 Å². The van der Waals surface area contributed by atoms with Gasteiger partial charge in [0.05, 0.1) is 38.1 Å². The first kappa shape index (κ1) is 21.5. The van der Waals surface area contributed by atoms with Gasteiger partial charge >= 0.3 is 0 Å². The van der Waals surface area contributed by atoms with Crippen LogP contribution in [0.4, 0.5) is 5.69 Å². The highest BCUT2D eigenvalue weighted by atomic mass is 32.1. The minimum atomic E-state index is -0.0575. The minimum Gasteiger partial charge on any atom is -0.328 e. The highest BCUT2D eigenvalue weighted by Crippen LogP contribution is 2.18. The topological polar surface area (TPSA) is 58.3 Å². The summed E-state index contributed by atoms with van der Waals surface area (Å²) in [5.41, 5.74) is 2.98. The van der Waals surface area contributed by atoms with Gasteiger partial charge in [-0.2, -0.15) is 0 Å². The molecule has 1 atom stereocenters. The van der Waals surface area contributed by atoms with E-state index in [2.05, 4.69) is 22.8 Å². The highest BCUT2D eigenvalue weighted by molar-refractivity contribution is 7.09. The fourth-order valence-corrected chi connectivity index (χ4v) is 4.59. The molecule has 7 heteroatoms. The molecule has 1 aliphatic heterocycles. The lowest BCUT2D eigenvalue weighted by Crippen LogP contribution is -3.14. The Morgan fingerprint density at radius 1 is 1.10 bits per heavy atom. The Hall–Kier alpha value is -2.22. The number of carbonyl (C=O) groups is 2. The van der Waals surface area contributed by atoms with Gasteiger partial charge in [-0.1, -0.05) is 24.3 Å². The van der Waals surface area contributed by atoms with E-state index < -0.39 is 0 Å². The number of nitrogens with one attached hydrogen (secondary N) is 3. The number of anilines is 1. The monoisotopic (exact) mass is 416 g/mol. The molecule has 156 valence electrons. The number of amides is 2. The van der Waals surface area contributed by atoms with E-state index >= 15 is 0 Å². The quantitative estimate of drug-likeness (QED) is 0.583. The molecular weight excluding hydrogens is 384 g/mol. The molecule has 1 unspecified atom stereocenters. The molecule has 1 aromatic carbocycles. The van der Waals surface area contributed by atoms with Crippen LogP contribution in [0, 0.1) is 13.8 Å². The van der Waals surface area contributed by atoms with E-state index in [0.29, 0.717) is 6.54 Å². The average molecular weight is 417 g/mol. The number of benzene rings is 1. The van der Waals surface area contributed by atoms with E-state index in [0.717, 1.165) is 54.4 Å². The number of rotatable bonds is 7. The standard InChI is InChI=1S/C22H30N4O2S/c1-17-6-4-7-18(2)22(17)23-20(27)15-24(3)16-21(28)26-11-9-25(10-12-26)14-19-8-5-13-29-19/h4-8,13H,9-12,14-16H2,1-3H3,(H,23,27)/p+2. The Bertz CT molecular complexity index is 809. The second-order valence-electron chi connectivity index (χ2n) is 8.01. The number of nitrogens with zero attached hydrogens (tertiary/aromatic N) is 1. The highest BCUT2D eigenvalue weighted by Gasteiger charge is 2.26. The molecule has 1 saturated heterocycles. The molecule has 1 aromatic heterocycles. The molecule has 0 radical (unpaired) electrons. The molecule has 1 aliphatic rings. The predicted octanol–water partition coefficient (Wildman–Crippen LogP) is -0.255. The van der Waals surface area contributed by atoms with Gasteiger partial charge in [-0.15, -0.1) is 11.3 Å². The summed E-state index contributed by atoms with van der Waals surface area (Å²) in [5, 5.41) is 5.12. The van der Waals surface area contributed by atoms with Crippen molar-refractivity contribution in [2.75, 3.05) is 51.6 Å². The lowest BCUT2D eigenvalue weighted by atomic mass is 10.1. The van der Waals surface area contributed by atoms with E-state index in [1.54, 1.807) is 11.3 Å². The summed E-state index contributed by atoms with van der Waals surface area (Å²) in [6.45, 7) is 9.20. The number of likely N-dealkylation sites (N-methyl/N-ethyl adjacent to an activating group) is 1. The maximum Gasteiger partial charge on any atom is 0.279 e. The number of quaternary nitrogens is 2. The molecule has 29 heavy (non-hydrogen) atoms. The Kier molecular flexibility index (Phi) is 7.41. The third kappa shape index (κ3) is 6.13. The van der Waals surface area contributed by atoms with Crippen molar-refractivity contribution in [2.45, 2.75) is 20.4 Å². The maximum absolute atomic E-state index is 12.6. The Morgan fingerprint density at radius 2 is 1.79 bits per heavy atom. The third-order valence-electron chi connectivity index (χ3n) is 5.49. The summed E-state index contributed by atoms with van der Waals surface area (Å²) in [6, 6.07) is 10.2. The molecular formula is C22H32N4O2S+2. The molecule has 2 amide bonds. The summed E-state index contributed by atoms with van der Waals surface area (Å²) in [5.74, 6) is 0.0791. The van der Waals surface area contributed by atoms with E-state index in [1.165, 1.54) is 9.78 Å². The zero-order chi connectivity index (χ0) is 20.8. The summed E-state index contributed by atoms with van der Waals surface area (Å²) in [4.78, 5) is 30.9.